The van der Waals surface area contributed by atoms with Crippen molar-refractivity contribution in [2.45, 2.75) is 24.2 Å². The van der Waals surface area contributed by atoms with Crippen molar-refractivity contribution in [1.82, 2.24) is 4.90 Å². The van der Waals surface area contributed by atoms with Crippen molar-refractivity contribution in [2.24, 2.45) is 5.41 Å². The number of carbonyl (C=O) groups is 3. The Balaban J connectivity index is 1.56. The summed E-state index contributed by atoms with van der Waals surface area (Å²) < 4.78 is 42.1. The highest BCUT2D eigenvalue weighted by Gasteiger charge is 2.77. The van der Waals surface area contributed by atoms with Gasteiger partial charge in [0.1, 0.15) is 5.75 Å². The van der Waals surface area contributed by atoms with Crippen molar-refractivity contribution >= 4 is 17.3 Å². The van der Waals surface area contributed by atoms with Crippen LogP contribution in [-0.4, -0.2) is 47.7 Å². The van der Waals surface area contributed by atoms with Crippen LogP contribution < -0.4 is 4.74 Å². The van der Waals surface area contributed by atoms with Crippen molar-refractivity contribution in [3.05, 3.63) is 101 Å². The SMILES string of the molecule is CN1CC(c2ccc(OC(F)(F)F)cc2)C2(Cc3ccccc3C2=O)C12C(=O)c1ccccc1C2=O. The number of ether oxygens (including phenoxy) is 1. The molecule has 0 bridgehead atoms. The molecule has 3 aromatic rings. The maximum Gasteiger partial charge on any atom is 0.573 e. The summed E-state index contributed by atoms with van der Waals surface area (Å²) in [5, 5.41) is 0. The number of likely N-dealkylation sites (tertiary alicyclic amines) is 1. The zero-order valence-electron chi connectivity index (χ0n) is 19.1. The summed E-state index contributed by atoms with van der Waals surface area (Å²) >= 11 is 0. The number of alkyl halides is 3. The minimum Gasteiger partial charge on any atom is -0.406 e. The third-order valence-electron chi connectivity index (χ3n) is 8.00. The first-order valence-electron chi connectivity index (χ1n) is 11.5. The van der Waals surface area contributed by atoms with Gasteiger partial charge in [0.15, 0.2) is 22.9 Å². The maximum absolute atomic E-state index is 14.3. The molecule has 2 aliphatic carbocycles. The van der Waals surface area contributed by atoms with E-state index >= 15 is 0 Å². The highest BCUT2D eigenvalue weighted by molar-refractivity contribution is 6.36. The van der Waals surface area contributed by atoms with E-state index in [0.717, 1.165) is 5.56 Å². The molecule has 1 saturated heterocycles. The van der Waals surface area contributed by atoms with E-state index in [-0.39, 0.29) is 35.6 Å². The van der Waals surface area contributed by atoms with Crippen LogP contribution in [0.25, 0.3) is 0 Å². The fourth-order valence-electron chi connectivity index (χ4n) is 6.67. The number of benzene rings is 3. The van der Waals surface area contributed by atoms with E-state index in [9.17, 15) is 27.6 Å². The molecule has 5 nitrogen and oxygen atoms in total. The number of carbonyl (C=O) groups excluding carboxylic acids is 3. The van der Waals surface area contributed by atoms with Crippen LogP contribution in [0.5, 0.6) is 5.75 Å². The van der Waals surface area contributed by atoms with E-state index < -0.39 is 34.8 Å². The molecule has 0 N–H and O–H groups in total. The highest BCUT2D eigenvalue weighted by Crippen LogP contribution is 2.63. The molecule has 1 heterocycles. The Hall–Kier alpha value is -3.78. The van der Waals surface area contributed by atoms with Gasteiger partial charge in [-0.05, 0) is 36.7 Å². The lowest BCUT2D eigenvalue weighted by molar-refractivity contribution is -0.274. The zero-order valence-corrected chi connectivity index (χ0v) is 19.1. The molecule has 182 valence electrons. The molecule has 36 heavy (non-hydrogen) atoms. The summed E-state index contributed by atoms with van der Waals surface area (Å²) in [5.41, 5.74) is -0.865. The van der Waals surface area contributed by atoms with Crippen molar-refractivity contribution in [3.8, 4) is 5.75 Å². The van der Waals surface area contributed by atoms with Gasteiger partial charge in [0.25, 0.3) is 0 Å². The van der Waals surface area contributed by atoms with E-state index in [1.54, 1.807) is 48.3 Å². The molecule has 8 heteroatoms. The van der Waals surface area contributed by atoms with Crippen LogP contribution in [0, 0.1) is 5.41 Å². The number of hydrogen-bond acceptors (Lipinski definition) is 5. The van der Waals surface area contributed by atoms with E-state index in [2.05, 4.69) is 4.74 Å². The first-order chi connectivity index (χ1) is 17.1. The Morgan fingerprint density at radius 1 is 0.806 bits per heavy atom. The smallest absolute Gasteiger partial charge is 0.406 e. The second kappa shape index (κ2) is 7.36. The standard InChI is InChI=1S/C28H20F3NO4/c1-32-15-22(16-10-12-18(13-11-16)36-28(29,30)31)26(14-17-6-2-3-7-19(17)23(26)33)27(32)24(34)20-8-4-5-9-21(20)25(27)35/h2-13,22H,14-15H2,1H3. The fourth-order valence-corrected chi connectivity index (χ4v) is 6.67. The van der Waals surface area contributed by atoms with Gasteiger partial charge in [-0.3, -0.25) is 19.3 Å². The fraction of sp³-hybridized carbons (Fsp3) is 0.250. The minimum atomic E-state index is -4.84. The largest absolute Gasteiger partial charge is 0.573 e. The molecule has 2 atom stereocenters. The lowest BCUT2D eigenvalue weighted by atomic mass is 9.59. The Morgan fingerprint density at radius 2 is 1.36 bits per heavy atom. The first-order valence-corrected chi connectivity index (χ1v) is 11.5. The molecule has 2 spiro atoms. The number of ketones is 3. The molecule has 3 aliphatic rings. The van der Waals surface area contributed by atoms with Gasteiger partial charge in [-0.2, -0.15) is 0 Å². The second-order valence-corrected chi connectivity index (χ2v) is 9.60. The van der Waals surface area contributed by atoms with Gasteiger partial charge in [0, 0.05) is 29.2 Å². The van der Waals surface area contributed by atoms with E-state index in [4.69, 9.17) is 0 Å². The number of rotatable bonds is 2. The van der Waals surface area contributed by atoms with Gasteiger partial charge >= 0.3 is 6.36 Å². The Bertz CT molecular complexity index is 1410. The summed E-state index contributed by atoms with van der Waals surface area (Å²) in [6, 6.07) is 19.0. The lowest BCUT2D eigenvalue weighted by Gasteiger charge is -2.42. The number of hydrogen-bond donors (Lipinski definition) is 0. The van der Waals surface area contributed by atoms with Gasteiger partial charge in [-0.25, -0.2) is 0 Å². The summed E-state index contributed by atoms with van der Waals surface area (Å²) in [4.78, 5) is 44.2. The van der Waals surface area contributed by atoms with Gasteiger partial charge in [0.2, 0.25) is 0 Å². The number of likely N-dealkylation sites (N-methyl/N-ethyl adjacent to an activating group) is 1. The molecule has 2 unspecified atom stereocenters. The topological polar surface area (TPSA) is 63.7 Å². The normalized spacial score (nSPS) is 24.6. The van der Waals surface area contributed by atoms with Gasteiger partial charge in [-0.1, -0.05) is 60.7 Å². The van der Waals surface area contributed by atoms with E-state index in [0.29, 0.717) is 11.1 Å². The number of fused-ring (bicyclic) bond motifs is 3. The minimum absolute atomic E-state index is 0.170. The molecule has 1 aliphatic heterocycles. The molecular weight excluding hydrogens is 471 g/mol. The molecule has 0 aromatic heterocycles. The van der Waals surface area contributed by atoms with Crippen molar-refractivity contribution in [2.75, 3.05) is 13.6 Å². The van der Waals surface area contributed by atoms with Crippen LogP contribution in [0.4, 0.5) is 13.2 Å². The molecule has 0 amide bonds. The van der Waals surface area contributed by atoms with Crippen LogP contribution in [-0.2, 0) is 6.42 Å². The number of Topliss-reactive ketones (excluding diaryl/α,β-unsaturated/α-hetero) is 3. The summed E-state index contributed by atoms with van der Waals surface area (Å²) in [5.74, 6) is -2.12. The summed E-state index contributed by atoms with van der Waals surface area (Å²) in [7, 11) is 1.67. The Morgan fingerprint density at radius 3 is 1.92 bits per heavy atom. The van der Waals surface area contributed by atoms with Crippen molar-refractivity contribution in [3.63, 3.8) is 0 Å². The predicted octanol–water partition coefficient (Wildman–Crippen LogP) is 4.86. The van der Waals surface area contributed by atoms with Crippen LogP contribution in [0.2, 0.25) is 0 Å². The molecule has 1 fully saturated rings. The summed E-state index contributed by atoms with van der Waals surface area (Å²) in [6.45, 7) is 0.199. The van der Waals surface area contributed by atoms with E-state index in [1.807, 2.05) is 12.1 Å². The Labute approximate surface area is 204 Å². The molecule has 3 aromatic carbocycles. The van der Waals surface area contributed by atoms with Crippen LogP contribution in [0.3, 0.4) is 0 Å². The monoisotopic (exact) mass is 491 g/mol. The van der Waals surface area contributed by atoms with Crippen LogP contribution in [0.1, 0.15) is 48.1 Å². The highest BCUT2D eigenvalue weighted by atomic mass is 19.4. The second-order valence-electron chi connectivity index (χ2n) is 9.60. The molecule has 0 radical (unpaired) electrons. The Kier molecular flexibility index (Phi) is 4.64. The third-order valence-corrected chi connectivity index (χ3v) is 8.00. The first kappa shape index (κ1) is 22.7. The van der Waals surface area contributed by atoms with Crippen LogP contribution >= 0.6 is 0 Å². The predicted molar refractivity (Wildman–Crippen MR) is 123 cm³/mol. The quantitative estimate of drug-likeness (QED) is 0.480. The van der Waals surface area contributed by atoms with Crippen molar-refractivity contribution in [1.29, 1.82) is 0 Å². The number of nitrogens with zero attached hydrogens (tertiary/aromatic N) is 1. The maximum atomic E-state index is 14.3. The third kappa shape index (κ3) is 2.73. The van der Waals surface area contributed by atoms with Gasteiger partial charge < -0.3 is 4.74 Å². The number of halogens is 3. The summed E-state index contributed by atoms with van der Waals surface area (Å²) in [6.07, 6.45) is -4.67. The lowest BCUT2D eigenvalue weighted by Crippen LogP contribution is -2.63. The van der Waals surface area contributed by atoms with Crippen LogP contribution in [0.15, 0.2) is 72.8 Å². The molecule has 6 rings (SSSR count). The molecule has 0 saturated carbocycles. The average Bonchev–Trinajstić information content (AvgIpc) is 3.38. The zero-order chi connectivity index (χ0) is 25.5. The van der Waals surface area contributed by atoms with Gasteiger partial charge in [-0.15, -0.1) is 13.2 Å². The van der Waals surface area contributed by atoms with E-state index in [1.165, 1.54) is 24.3 Å². The average molecular weight is 491 g/mol. The van der Waals surface area contributed by atoms with Gasteiger partial charge in [0.05, 0.1) is 5.41 Å². The molecular formula is C28H20F3NO4. The van der Waals surface area contributed by atoms with Crippen molar-refractivity contribution < 1.29 is 32.3 Å².